The largest absolute Gasteiger partial charge is 0.465 e. The van der Waals surface area contributed by atoms with E-state index in [-0.39, 0.29) is 22.9 Å². The summed E-state index contributed by atoms with van der Waals surface area (Å²) in [5.41, 5.74) is 2.70. The van der Waals surface area contributed by atoms with Crippen LogP contribution in [-0.4, -0.2) is 43.0 Å². The minimum absolute atomic E-state index is 0.0238. The molecular weight excluding hydrogens is 394 g/mol. The standard InChI is InChI=1S/C20H21N3O5S/c1-13-5-8-15(9-6-13)19-21-18(28-22-19)12-23(3)29(25,26)16-10-7-14(2)17(11-16)20(24)27-4/h5-11H,12H2,1-4H3. The van der Waals surface area contributed by atoms with Crippen LogP contribution in [0.5, 0.6) is 0 Å². The molecule has 0 saturated heterocycles. The number of rotatable bonds is 6. The molecule has 1 aromatic heterocycles. The second-order valence-corrected chi connectivity index (χ2v) is 8.65. The lowest BCUT2D eigenvalue weighted by Gasteiger charge is -2.16. The van der Waals surface area contributed by atoms with Gasteiger partial charge >= 0.3 is 5.97 Å². The predicted molar refractivity (Wildman–Crippen MR) is 106 cm³/mol. The van der Waals surface area contributed by atoms with E-state index in [1.807, 2.05) is 31.2 Å². The topological polar surface area (TPSA) is 103 Å². The predicted octanol–water partition coefficient (Wildman–Crippen LogP) is 2.96. The zero-order valence-electron chi connectivity index (χ0n) is 16.5. The molecular formula is C20H21N3O5S. The fraction of sp³-hybridized carbons (Fsp3) is 0.250. The van der Waals surface area contributed by atoms with Crippen molar-refractivity contribution in [3.8, 4) is 11.4 Å². The number of benzene rings is 2. The van der Waals surface area contributed by atoms with E-state index in [1.54, 1.807) is 13.0 Å². The van der Waals surface area contributed by atoms with Gasteiger partial charge in [-0.15, -0.1) is 0 Å². The lowest BCUT2D eigenvalue weighted by molar-refractivity contribution is 0.0599. The van der Waals surface area contributed by atoms with Gasteiger partial charge < -0.3 is 9.26 Å². The zero-order chi connectivity index (χ0) is 21.2. The molecule has 152 valence electrons. The molecule has 3 rings (SSSR count). The second kappa shape index (κ2) is 8.14. The van der Waals surface area contributed by atoms with E-state index < -0.39 is 16.0 Å². The first-order chi connectivity index (χ1) is 13.7. The summed E-state index contributed by atoms with van der Waals surface area (Å²) in [5.74, 6) is -0.0529. The summed E-state index contributed by atoms with van der Waals surface area (Å²) < 4.78 is 36.8. The monoisotopic (exact) mass is 415 g/mol. The number of sulfonamides is 1. The second-order valence-electron chi connectivity index (χ2n) is 6.61. The van der Waals surface area contributed by atoms with E-state index in [2.05, 4.69) is 10.1 Å². The number of nitrogens with zero attached hydrogens (tertiary/aromatic N) is 3. The van der Waals surface area contributed by atoms with Gasteiger partial charge in [0.1, 0.15) is 0 Å². The fourth-order valence-corrected chi connectivity index (χ4v) is 3.83. The van der Waals surface area contributed by atoms with E-state index in [1.165, 1.54) is 26.3 Å². The van der Waals surface area contributed by atoms with Crippen LogP contribution in [0.4, 0.5) is 0 Å². The quantitative estimate of drug-likeness (QED) is 0.570. The number of hydrogen-bond donors (Lipinski definition) is 0. The first kappa shape index (κ1) is 20.7. The summed E-state index contributed by atoms with van der Waals surface area (Å²) in [6.07, 6.45) is 0. The van der Waals surface area contributed by atoms with Crippen LogP contribution in [0.15, 0.2) is 51.9 Å². The molecule has 0 spiro atoms. The summed E-state index contributed by atoms with van der Waals surface area (Å²) in [5, 5.41) is 3.92. The smallest absolute Gasteiger partial charge is 0.338 e. The molecule has 0 bridgehead atoms. The minimum Gasteiger partial charge on any atom is -0.465 e. The Balaban J connectivity index is 1.82. The zero-order valence-corrected chi connectivity index (χ0v) is 17.4. The first-order valence-electron chi connectivity index (χ1n) is 8.77. The van der Waals surface area contributed by atoms with Crippen molar-refractivity contribution >= 4 is 16.0 Å². The Bertz CT molecular complexity index is 1140. The van der Waals surface area contributed by atoms with Crippen LogP contribution in [0.25, 0.3) is 11.4 Å². The van der Waals surface area contributed by atoms with Gasteiger partial charge in [-0.05, 0) is 31.5 Å². The summed E-state index contributed by atoms with van der Waals surface area (Å²) in [7, 11) is -1.23. The molecule has 0 radical (unpaired) electrons. The molecule has 0 amide bonds. The molecule has 1 heterocycles. The number of carbonyl (C=O) groups excluding carboxylic acids is 1. The van der Waals surface area contributed by atoms with Crippen molar-refractivity contribution in [1.29, 1.82) is 0 Å². The van der Waals surface area contributed by atoms with Crippen molar-refractivity contribution in [2.45, 2.75) is 25.3 Å². The van der Waals surface area contributed by atoms with Crippen molar-refractivity contribution < 1.29 is 22.5 Å². The summed E-state index contributed by atoms with van der Waals surface area (Å²) >= 11 is 0. The molecule has 0 fully saturated rings. The Kier molecular flexibility index (Phi) is 5.81. The Morgan fingerprint density at radius 2 is 1.83 bits per heavy atom. The minimum atomic E-state index is -3.88. The van der Waals surface area contributed by atoms with Gasteiger partial charge in [0.15, 0.2) is 0 Å². The average molecular weight is 415 g/mol. The van der Waals surface area contributed by atoms with Crippen LogP contribution in [0.2, 0.25) is 0 Å². The van der Waals surface area contributed by atoms with E-state index in [4.69, 9.17) is 9.26 Å². The van der Waals surface area contributed by atoms with E-state index >= 15 is 0 Å². The van der Waals surface area contributed by atoms with Crippen LogP contribution in [0.1, 0.15) is 27.4 Å². The molecule has 0 N–H and O–H groups in total. The molecule has 0 aliphatic heterocycles. The highest BCUT2D eigenvalue weighted by molar-refractivity contribution is 7.89. The maximum absolute atomic E-state index is 12.9. The van der Waals surface area contributed by atoms with E-state index in [9.17, 15) is 13.2 Å². The number of hydrogen-bond acceptors (Lipinski definition) is 7. The lowest BCUT2D eigenvalue weighted by atomic mass is 10.1. The molecule has 0 unspecified atom stereocenters. The summed E-state index contributed by atoms with van der Waals surface area (Å²) in [6.45, 7) is 3.57. The number of aryl methyl sites for hydroxylation is 2. The van der Waals surface area contributed by atoms with Crippen molar-refractivity contribution in [1.82, 2.24) is 14.4 Å². The van der Waals surface area contributed by atoms with Gasteiger partial charge in [0.05, 0.1) is 24.1 Å². The van der Waals surface area contributed by atoms with Crippen molar-refractivity contribution in [3.63, 3.8) is 0 Å². The Morgan fingerprint density at radius 1 is 1.14 bits per heavy atom. The Hall–Kier alpha value is -3.04. The van der Waals surface area contributed by atoms with Gasteiger partial charge in [-0.2, -0.15) is 9.29 Å². The summed E-state index contributed by atoms with van der Waals surface area (Å²) in [4.78, 5) is 16.1. The highest BCUT2D eigenvalue weighted by Gasteiger charge is 2.25. The van der Waals surface area contributed by atoms with Crippen LogP contribution in [-0.2, 0) is 21.3 Å². The van der Waals surface area contributed by atoms with Gasteiger partial charge in [-0.1, -0.05) is 41.1 Å². The Morgan fingerprint density at radius 3 is 2.48 bits per heavy atom. The van der Waals surface area contributed by atoms with Gasteiger partial charge in [0.25, 0.3) is 0 Å². The molecule has 0 aliphatic rings. The normalized spacial score (nSPS) is 11.6. The van der Waals surface area contributed by atoms with Crippen LogP contribution in [0, 0.1) is 13.8 Å². The third kappa shape index (κ3) is 4.36. The number of aromatic nitrogens is 2. The molecule has 0 aliphatic carbocycles. The van der Waals surface area contributed by atoms with Gasteiger partial charge in [0.2, 0.25) is 21.7 Å². The van der Waals surface area contributed by atoms with Crippen molar-refractivity contribution in [2.75, 3.05) is 14.2 Å². The van der Waals surface area contributed by atoms with Crippen molar-refractivity contribution in [2.24, 2.45) is 0 Å². The van der Waals surface area contributed by atoms with E-state index in [0.717, 1.165) is 15.4 Å². The third-order valence-corrected chi connectivity index (χ3v) is 6.26. The molecule has 29 heavy (non-hydrogen) atoms. The highest BCUT2D eigenvalue weighted by atomic mass is 32.2. The molecule has 8 nitrogen and oxygen atoms in total. The maximum atomic E-state index is 12.9. The number of carbonyl (C=O) groups is 1. The molecule has 2 aromatic carbocycles. The maximum Gasteiger partial charge on any atom is 0.338 e. The number of esters is 1. The lowest BCUT2D eigenvalue weighted by Crippen LogP contribution is -2.27. The SMILES string of the molecule is COC(=O)c1cc(S(=O)(=O)N(C)Cc2nc(-c3ccc(C)cc3)no2)ccc1C. The molecule has 3 aromatic rings. The number of methoxy groups -OCH3 is 1. The van der Waals surface area contributed by atoms with Crippen LogP contribution >= 0.6 is 0 Å². The van der Waals surface area contributed by atoms with E-state index in [0.29, 0.717) is 11.4 Å². The van der Waals surface area contributed by atoms with Gasteiger partial charge in [-0.3, -0.25) is 0 Å². The Labute approximate surface area is 169 Å². The fourth-order valence-electron chi connectivity index (χ4n) is 2.69. The van der Waals surface area contributed by atoms with Crippen LogP contribution < -0.4 is 0 Å². The molecule has 0 saturated carbocycles. The summed E-state index contributed by atoms with van der Waals surface area (Å²) in [6, 6.07) is 11.9. The molecule has 0 atom stereocenters. The average Bonchev–Trinajstić information content (AvgIpc) is 3.16. The van der Waals surface area contributed by atoms with Crippen molar-refractivity contribution in [3.05, 3.63) is 65.0 Å². The third-order valence-electron chi connectivity index (χ3n) is 4.46. The van der Waals surface area contributed by atoms with Gasteiger partial charge in [0, 0.05) is 12.6 Å². The first-order valence-corrected chi connectivity index (χ1v) is 10.2. The molecule has 9 heteroatoms. The van der Waals surface area contributed by atoms with Gasteiger partial charge in [-0.25, -0.2) is 13.2 Å². The highest BCUT2D eigenvalue weighted by Crippen LogP contribution is 2.22. The number of ether oxygens (including phenoxy) is 1. The van der Waals surface area contributed by atoms with Crippen LogP contribution in [0.3, 0.4) is 0 Å².